The van der Waals surface area contributed by atoms with Gasteiger partial charge in [0.2, 0.25) is 5.91 Å². The van der Waals surface area contributed by atoms with Crippen molar-refractivity contribution in [2.24, 2.45) is 0 Å². The van der Waals surface area contributed by atoms with Gasteiger partial charge in [-0.15, -0.1) is 0 Å². The van der Waals surface area contributed by atoms with Crippen LogP contribution in [-0.2, 0) is 11.2 Å². The second-order valence-corrected chi connectivity index (χ2v) is 4.41. The second-order valence-electron chi connectivity index (χ2n) is 4.41. The molecular weight excluding hydrogens is 219 g/mol. The molecule has 0 bridgehead atoms. The molecule has 2 rings (SSSR count). The van der Waals surface area contributed by atoms with E-state index in [1.165, 1.54) is 12.1 Å². The molecule has 0 spiro atoms. The zero-order valence-electron chi connectivity index (χ0n) is 9.71. The van der Waals surface area contributed by atoms with Crippen LogP contribution < -0.4 is 10.6 Å². The highest BCUT2D eigenvalue weighted by Gasteiger charge is 2.15. The standard InChI is InChI=1S/C13H17FN2O/c14-11-5-3-10(4-6-11)8-13(17)16-12-2-1-7-15-9-12/h3-6,12,15H,1-2,7-9H2,(H,16,17). The Morgan fingerprint density at radius 2 is 2.18 bits per heavy atom. The van der Waals surface area contributed by atoms with E-state index in [1.54, 1.807) is 12.1 Å². The summed E-state index contributed by atoms with van der Waals surface area (Å²) in [5.74, 6) is -0.268. The van der Waals surface area contributed by atoms with Gasteiger partial charge in [-0.25, -0.2) is 4.39 Å². The molecule has 3 nitrogen and oxygen atoms in total. The quantitative estimate of drug-likeness (QED) is 0.829. The summed E-state index contributed by atoms with van der Waals surface area (Å²) in [5, 5.41) is 6.23. The van der Waals surface area contributed by atoms with Crippen LogP contribution in [0.2, 0.25) is 0 Å². The number of carbonyl (C=O) groups excluding carboxylic acids is 1. The van der Waals surface area contributed by atoms with Crippen molar-refractivity contribution in [2.75, 3.05) is 13.1 Å². The molecule has 0 radical (unpaired) electrons. The average molecular weight is 236 g/mol. The molecule has 2 N–H and O–H groups in total. The lowest BCUT2D eigenvalue weighted by Gasteiger charge is -2.23. The zero-order chi connectivity index (χ0) is 12.1. The summed E-state index contributed by atoms with van der Waals surface area (Å²) in [4.78, 5) is 11.7. The van der Waals surface area contributed by atoms with Crippen LogP contribution in [0.15, 0.2) is 24.3 Å². The van der Waals surface area contributed by atoms with E-state index >= 15 is 0 Å². The summed E-state index contributed by atoms with van der Waals surface area (Å²) in [6.45, 7) is 1.87. The Labute approximate surface area is 100 Å². The van der Waals surface area contributed by atoms with Gasteiger partial charge in [0.1, 0.15) is 5.82 Å². The zero-order valence-corrected chi connectivity index (χ0v) is 9.71. The lowest BCUT2D eigenvalue weighted by molar-refractivity contribution is -0.121. The lowest BCUT2D eigenvalue weighted by atomic mass is 10.1. The van der Waals surface area contributed by atoms with Crippen LogP contribution in [0.1, 0.15) is 18.4 Å². The molecular formula is C13H17FN2O. The Bertz CT molecular complexity index is 372. The Morgan fingerprint density at radius 1 is 1.41 bits per heavy atom. The van der Waals surface area contributed by atoms with Crippen molar-refractivity contribution >= 4 is 5.91 Å². The van der Waals surface area contributed by atoms with Crippen molar-refractivity contribution in [1.29, 1.82) is 0 Å². The normalized spacial score (nSPS) is 19.9. The molecule has 17 heavy (non-hydrogen) atoms. The van der Waals surface area contributed by atoms with Crippen LogP contribution in [0.4, 0.5) is 4.39 Å². The molecule has 0 aromatic heterocycles. The van der Waals surface area contributed by atoms with Gasteiger partial charge in [0.25, 0.3) is 0 Å². The molecule has 1 heterocycles. The van der Waals surface area contributed by atoms with Crippen molar-refractivity contribution in [1.82, 2.24) is 10.6 Å². The molecule has 1 amide bonds. The Kier molecular flexibility index (Phi) is 4.09. The maximum Gasteiger partial charge on any atom is 0.224 e. The van der Waals surface area contributed by atoms with Gasteiger partial charge in [-0.3, -0.25) is 4.79 Å². The van der Waals surface area contributed by atoms with E-state index in [4.69, 9.17) is 0 Å². The smallest absolute Gasteiger partial charge is 0.224 e. The molecule has 1 unspecified atom stereocenters. The number of amides is 1. The van der Waals surface area contributed by atoms with Crippen LogP contribution in [0, 0.1) is 5.82 Å². The van der Waals surface area contributed by atoms with Gasteiger partial charge in [-0.05, 0) is 37.1 Å². The molecule has 92 valence electrons. The van der Waals surface area contributed by atoms with Gasteiger partial charge in [-0.2, -0.15) is 0 Å². The molecule has 1 saturated heterocycles. The Morgan fingerprint density at radius 3 is 2.82 bits per heavy atom. The van der Waals surface area contributed by atoms with Gasteiger partial charge in [0.15, 0.2) is 0 Å². The van der Waals surface area contributed by atoms with Crippen LogP contribution in [0.3, 0.4) is 0 Å². The predicted octanol–water partition coefficient (Wildman–Crippen LogP) is 1.24. The topological polar surface area (TPSA) is 41.1 Å². The van der Waals surface area contributed by atoms with Gasteiger partial charge in [0.05, 0.1) is 6.42 Å². The largest absolute Gasteiger partial charge is 0.352 e. The number of nitrogens with one attached hydrogen (secondary N) is 2. The van der Waals surface area contributed by atoms with Crippen molar-refractivity contribution in [3.63, 3.8) is 0 Å². The molecule has 1 aromatic rings. The van der Waals surface area contributed by atoms with Crippen molar-refractivity contribution in [2.45, 2.75) is 25.3 Å². The maximum absolute atomic E-state index is 12.7. The summed E-state index contributed by atoms with van der Waals surface area (Å²) in [6.07, 6.45) is 2.44. The second kappa shape index (κ2) is 5.77. The third-order valence-corrected chi connectivity index (χ3v) is 2.94. The molecule has 1 fully saturated rings. The highest BCUT2D eigenvalue weighted by molar-refractivity contribution is 5.78. The fraction of sp³-hybridized carbons (Fsp3) is 0.462. The fourth-order valence-electron chi connectivity index (χ4n) is 2.04. The number of hydrogen-bond acceptors (Lipinski definition) is 2. The number of carbonyl (C=O) groups is 1. The van der Waals surface area contributed by atoms with Gasteiger partial charge >= 0.3 is 0 Å². The summed E-state index contributed by atoms with van der Waals surface area (Å²) < 4.78 is 12.7. The minimum absolute atomic E-state index is 0.00491. The van der Waals surface area contributed by atoms with Crippen LogP contribution in [-0.4, -0.2) is 25.0 Å². The number of halogens is 1. The van der Waals surface area contributed by atoms with Crippen LogP contribution in [0.5, 0.6) is 0 Å². The SMILES string of the molecule is O=C(Cc1ccc(F)cc1)NC1CCCNC1. The summed E-state index contributed by atoms with van der Waals surface area (Å²) in [5.41, 5.74) is 0.840. The Hall–Kier alpha value is -1.42. The van der Waals surface area contributed by atoms with Crippen molar-refractivity contribution in [3.8, 4) is 0 Å². The van der Waals surface area contributed by atoms with E-state index in [0.717, 1.165) is 31.5 Å². The molecule has 1 aliphatic heterocycles. The minimum Gasteiger partial charge on any atom is -0.352 e. The highest BCUT2D eigenvalue weighted by Crippen LogP contribution is 2.05. The molecule has 4 heteroatoms. The first-order valence-corrected chi connectivity index (χ1v) is 5.98. The number of piperidine rings is 1. The highest BCUT2D eigenvalue weighted by atomic mass is 19.1. The third kappa shape index (κ3) is 3.82. The first-order valence-electron chi connectivity index (χ1n) is 5.98. The lowest BCUT2D eigenvalue weighted by Crippen LogP contribution is -2.46. The number of benzene rings is 1. The molecule has 0 saturated carbocycles. The first-order chi connectivity index (χ1) is 8.24. The van der Waals surface area contributed by atoms with Crippen molar-refractivity contribution < 1.29 is 9.18 Å². The molecule has 1 aromatic carbocycles. The van der Waals surface area contributed by atoms with E-state index in [0.29, 0.717) is 6.42 Å². The first kappa shape index (κ1) is 12.0. The van der Waals surface area contributed by atoms with Crippen LogP contribution >= 0.6 is 0 Å². The van der Waals surface area contributed by atoms with E-state index in [2.05, 4.69) is 10.6 Å². The maximum atomic E-state index is 12.7. The van der Waals surface area contributed by atoms with E-state index in [-0.39, 0.29) is 17.8 Å². The van der Waals surface area contributed by atoms with Crippen molar-refractivity contribution in [3.05, 3.63) is 35.6 Å². The summed E-state index contributed by atoms with van der Waals surface area (Å²) >= 11 is 0. The average Bonchev–Trinajstić information content (AvgIpc) is 2.33. The van der Waals surface area contributed by atoms with Crippen LogP contribution in [0.25, 0.3) is 0 Å². The number of hydrogen-bond donors (Lipinski definition) is 2. The Balaban J connectivity index is 1.82. The van der Waals surface area contributed by atoms with Gasteiger partial charge in [-0.1, -0.05) is 12.1 Å². The van der Waals surface area contributed by atoms with Gasteiger partial charge in [0, 0.05) is 12.6 Å². The number of rotatable bonds is 3. The summed E-state index contributed by atoms with van der Waals surface area (Å²) in [7, 11) is 0. The van der Waals surface area contributed by atoms with E-state index in [9.17, 15) is 9.18 Å². The molecule has 0 aliphatic carbocycles. The van der Waals surface area contributed by atoms with E-state index < -0.39 is 0 Å². The minimum atomic E-state index is -0.273. The third-order valence-electron chi connectivity index (χ3n) is 2.94. The predicted molar refractivity (Wildman–Crippen MR) is 64.1 cm³/mol. The molecule has 1 aliphatic rings. The van der Waals surface area contributed by atoms with E-state index in [1.807, 2.05) is 0 Å². The molecule has 1 atom stereocenters. The van der Waals surface area contributed by atoms with Gasteiger partial charge < -0.3 is 10.6 Å². The summed E-state index contributed by atoms with van der Waals surface area (Å²) in [6, 6.07) is 6.29. The fourth-order valence-corrected chi connectivity index (χ4v) is 2.04. The monoisotopic (exact) mass is 236 g/mol.